The maximum atomic E-state index is 12.3. The van der Waals surface area contributed by atoms with E-state index < -0.39 is 48.4 Å². The zero-order valence-electron chi connectivity index (χ0n) is 22.2. The predicted octanol–water partition coefficient (Wildman–Crippen LogP) is 4.20. The van der Waals surface area contributed by atoms with Crippen LogP contribution in [-0.2, 0) is 31.9 Å². The molecule has 2 amide bonds. The van der Waals surface area contributed by atoms with Gasteiger partial charge < -0.3 is 19.7 Å². The maximum Gasteiger partial charge on any atom is 0.410 e. The van der Waals surface area contributed by atoms with Gasteiger partial charge in [-0.05, 0) is 78.4 Å². The Morgan fingerprint density at radius 3 is 1.22 bits per heavy atom. The summed E-state index contributed by atoms with van der Waals surface area (Å²) in [4.78, 5) is 49.2. The number of aliphatic carboxylic acids is 2. The van der Waals surface area contributed by atoms with Gasteiger partial charge in [-0.25, -0.2) is 9.59 Å². The first-order valence-corrected chi connectivity index (χ1v) is 12.0. The van der Waals surface area contributed by atoms with Crippen LogP contribution in [0.2, 0.25) is 0 Å². The Hall–Kier alpha value is -3.30. The summed E-state index contributed by atoms with van der Waals surface area (Å²) in [5, 5.41) is 18.2. The highest BCUT2D eigenvalue weighted by atomic mass is 16.6. The fourth-order valence-corrected chi connectivity index (χ4v) is 3.27. The number of aryl methyl sites for hydroxylation is 2. The molecule has 0 aromatic heterocycles. The predicted molar refractivity (Wildman–Crippen MR) is 134 cm³/mol. The quantitative estimate of drug-likeness (QED) is 0.429. The number of nitrogens with zero attached hydrogens (tertiary/aromatic N) is 2. The lowest BCUT2D eigenvalue weighted by molar-refractivity contribution is -0.139. The minimum absolute atomic E-state index is 0.257. The smallest absolute Gasteiger partial charge is 0.410 e. The number of ether oxygens (including phenoxy) is 2. The van der Waals surface area contributed by atoms with Crippen LogP contribution in [0.4, 0.5) is 9.59 Å². The molecule has 0 aliphatic rings. The van der Waals surface area contributed by atoms with E-state index in [-0.39, 0.29) is 13.1 Å². The Labute approximate surface area is 213 Å². The van der Waals surface area contributed by atoms with Crippen LogP contribution in [0.15, 0.2) is 24.3 Å². The Balaban J connectivity index is 2.58. The summed E-state index contributed by atoms with van der Waals surface area (Å²) >= 11 is 0. The highest BCUT2D eigenvalue weighted by Crippen LogP contribution is 2.14. The number of carbonyl (C=O) groups is 4. The molecular formula is C26H40N2O8. The number of hydrogen-bond donors (Lipinski definition) is 2. The van der Waals surface area contributed by atoms with Crippen LogP contribution >= 0.6 is 0 Å². The number of benzene rings is 1. The molecule has 202 valence electrons. The molecule has 10 heteroatoms. The Kier molecular flexibility index (Phi) is 11.7. The number of rotatable bonds is 12. The minimum atomic E-state index is -1.10. The largest absolute Gasteiger partial charge is 0.480 e. The topological polar surface area (TPSA) is 134 Å². The minimum Gasteiger partial charge on any atom is -0.480 e. The van der Waals surface area contributed by atoms with Gasteiger partial charge in [0, 0.05) is 13.1 Å². The van der Waals surface area contributed by atoms with Crippen molar-refractivity contribution in [3.63, 3.8) is 0 Å². The Morgan fingerprint density at radius 2 is 0.972 bits per heavy atom. The van der Waals surface area contributed by atoms with Crippen molar-refractivity contribution < 1.29 is 38.9 Å². The van der Waals surface area contributed by atoms with E-state index in [2.05, 4.69) is 0 Å². The van der Waals surface area contributed by atoms with E-state index in [1.807, 2.05) is 24.3 Å². The number of carboxylic acid groups (broad SMARTS) is 2. The lowest BCUT2D eigenvalue weighted by atomic mass is 10.0. The summed E-state index contributed by atoms with van der Waals surface area (Å²) in [7, 11) is 0. The van der Waals surface area contributed by atoms with Crippen molar-refractivity contribution in [2.75, 3.05) is 26.2 Å². The number of carboxylic acids is 2. The molecule has 0 saturated heterocycles. The van der Waals surface area contributed by atoms with E-state index in [1.54, 1.807) is 41.5 Å². The SMILES string of the molecule is CC(C)(C)OC(=O)N(CCCc1ccc(CCCN(CC(=O)O)C(=O)OC(C)(C)C)cc1)CC(=O)O. The third kappa shape index (κ3) is 13.6. The molecule has 1 rings (SSSR count). The van der Waals surface area contributed by atoms with Gasteiger partial charge in [0.15, 0.2) is 0 Å². The van der Waals surface area contributed by atoms with Gasteiger partial charge in [0.25, 0.3) is 0 Å². The zero-order valence-corrected chi connectivity index (χ0v) is 22.2. The van der Waals surface area contributed by atoms with Crippen molar-refractivity contribution in [2.45, 2.75) is 78.4 Å². The molecule has 0 bridgehead atoms. The molecule has 36 heavy (non-hydrogen) atoms. The van der Waals surface area contributed by atoms with E-state index in [1.165, 1.54) is 9.80 Å². The van der Waals surface area contributed by atoms with E-state index in [0.717, 1.165) is 11.1 Å². The van der Waals surface area contributed by atoms with Crippen LogP contribution < -0.4 is 0 Å². The lowest BCUT2D eigenvalue weighted by Gasteiger charge is -2.26. The second kappa shape index (κ2) is 13.7. The summed E-state index contributed by atoms with van der Waals surface area (Å²) in [6.45, 7) is 10.0. The zero-order chi connectivity index (χ0) is 27.5. The number of carbonyl (C=O) groups excluding carboxylic acids is 2. The highest BCUT2D eigenvalue weighted by molar-refractivity contribution is 5.77. The number of hydrogen-bond acceptors (Lipinski definition) is 6. The standard InChI is InChI=1S/C26H40N2O8/c1-25(2,3)35-23(33)27(17-21(29)30)15-7-9-19-11-13-20(14-12-19)10-8-16-28(18-22(31)32)24(34)36-26(4,5)6/h11-14H,7-10,15-18H2,1-6H3,(H,29,30)(H,31,32). The molecular weight excluding hydrogens is 468 g/mol. The average Bonchev–Trinajstić information content (AvgIpc) is 2.70. The molecule has 1 aromatic rings. The summed E-state index contributed by atoms with van der Waals surface area (Å²) in [5.74, 6) is -2.20. The molecule has 1 aromatic carbocycles. The van der Waals surface area contributed by atoms with Gasteiger partial charge in [0.05, 0.1) is 0 Å². The third-order valence-electron chi connectivity index (χ3n) is 4.77. The molecule has 2 N–H and O–H groups in total. The van der Waals surface area contributed by atoms with Crippen molar-refractivity contribution >= 4 is 24.1 Å². The fraction of sp³-hybridized carbons (Fsp3) is 0.615. The van der Waals surface area contributed by atoms with Gasteiger partial charge in [-0.1, -0.05) is 24.3 Å². The van der Waals surface area contributed by atoms with Gasteiger partial charge in [-0.2, -0.15) is 0 Å². The van der Waals surface area contributed by atoms with Crippen LogP contribution in [0.1, 0.15) is 65.5 Å². The fourth-order valence-electron chi connectivity index (χ4n) is 3.27. The van der Waals surface area contributed by atoms with Crippen molar-refractivity contribution in [3.8, 4) is 0 Å². The van der Waals surface area contributed by atoms with Crippen molar-refractivity contribution in [3.05, 3.63) is 35.4 Å². The van der Waals surface area contributed by atoms with Crippen molar-refractivity contribution in [2.24, 2.45) is 0 Å². The van der Waals surface area contributed by atoms with Crippen molar-refractivity contribution in [1.82, 2.24) is 9.80 Å². The van der Waals surface area contributed by atoms with Gasteiger partial charge in [-0.15, -0.1) is 0 Å². The molecule has 0 radical (unpaired) electrons. The summed E-state index contributed by atoms with van der Waals surface area (Å²) in [6.07, 6.45) is 1.17. The van der Waals surface area contributed by atoms with Crippen LogP contribution in [0, 0.1) is 0 Å². The van der Waals surface area contributed by atoms with Gasteiger partial charge in [-0.3, -0.25) is 19.4 Å². The summed E-state index contributed by atoms with van der Waals surface area (Å²) in [6, 6.07) is 7.86. The van der Waals surface area contributed by atoms with Crippen LogP contribution in [0.5, 0.6) is 0 Å². The average molecular weight is 509 g/mol. The molecule has 0 spiro atoms. The van der Waals surface area contributed by atoms with Gasteiger partial charge >= 0.3 is 24.1 Å². The van der Waals surface area contributed by atoms with Crippen molar-refractivity contribution in [1.29, 1.82) is 0 Å². The van der Waals surface area contributed by atoms with E-state index in [9.17, 15) is 19.2 Å². The third-order valence-corrected chi connectivity index (χ3v) is 4.77. The molecule has 10 nitrogen and oxygen atoms in total. The second-order valence-electron chi connectivity index (χ2n) is 10.6. The second-order valence-corrected chi connectivity index (χ2v) is 10.6. The molecule has 0 atom stereocenters. The lowest BCUT2D eigenvalue weighted by Crippen LogP contribution is -2.40. The molecule has 0 aliphatic heterocycles. The first-order chi connectivity index (χ1) is 16.6. The molecule has 0 aliphatic carbocycles. The van der Waals surface area contributed by atoms with E-state index >= 15 is 0 Å². The summed E-state index contributed by atoms with van der Waals surface area (Å²) in [5.41, 5.74) is 0.668. The van der Waals surface area contributed by atoms with Crippen LogP contribution in [0.3, 0.4) is 0 Å². The first-order valence-electron chi connectivity index (χ1n) is 12.0. The van der Waals surface area contributed by atoms with Gasteiger partial charge in [0.2, 0.25) is 0 Å². The molecule has 0 unspecified atom stereocenters. The van der Waals surface area contributed by atoms with E-state index in [0.29, 0.717) is 25.7 Å². The Bertz CT molecular complexity index is 812. The monoisotopic (exact) mass is 508 g/mol. The van der Waals surface area contributed by atoms with E-state index in [4.69, 9.17) is 19.7 Å². The maximum absolute atomic E-state index is 12.3. The normalized spacial score (nSPS) is 11.5. The molecule has 0 saturated carbocycles. The number of amides is 2. The summed E-state index contributed by atoms with van der Waals surface area (Å²) < 4.78 is 10.6. The van der Waals surface area contributed by atoms with Crippen LogP contribution in [0.25, 0.3) is 0 Å². The highest BCUT2D eigenvalue weighted by Gasteiger charge is 2.24. The Morgan fingerprint density at radius 1 is 0.667 bits per heavy atom. The van der Waals surface area contributed by atoms with Crippen LogP contribution in [-0.4, -0.2) is 81.5 Å². The first kappa shape index (κ1) is 30.7. The molecule has 0 fully saturated rings. The molecule has 0 heterocycles. The van der Waals surface area contributed by atoms with Gasteiger partial charge in [0.1, 0.15) is 24.3 Å².